The van der Waals surface area contributed by atoms with Crippen LogP contribution in [0.25, 0.3) is 0 Å². The molecule has 0 bridgehead atoms. The first-order valence-corrected chi connectivity index (χ1v) is 5.91. The molecule has 1 aromatic carbocycles. The van der Waals surface area contributed by atoms with E-state index in [1.807, 2.05) is 6.07 Å². The Kier molecular flexibility index (Phi) is 4.48. The predicted octanol–water partition coefficient (Wildman–Crippen LogP) is 3.91. The first kappa shape index (κ1) is 13.2. The summed E-state index contributed by atoms with van der Waals surface area (Å²) in [6.45, 7) is 9.59. The van der Waals surface area contributed by atoms with Gasteiger partial charge in [-0.2, -0.15) is 0 Å². The highest BCUT2D eigenvalue weighted by Crippen LogP contribution is 2.29. The number of hydrogen-bond donors (Lipinski definition) is 1. The maximum absolute atomic E-state index is 13.2. The average Bonchev–Trinajstić information content (AvgIpc) is 2.15. The Morgan fingerprint density at radius 2 is 2.00 bits per heavy atom. The van der Waals surface area contributed by atoms with E-state index in [-0.39, 0.29) is 17.3 Å². The van der Waals surface area contributed by atoms with E-state index in [9.17, 15) is 4.39 Å². The second-order valence-corrected chi connectivity index (χ2v) is 5.43. The van der Waals surface area contributed by atoms with Crippen LogP contribution in [-0.2, 0) is 0 Å². The molecule has 0 aliphatic heterocycles. The standard InChI is InChI=1S/C14H22FN/c1-5-16-13(10-14(2,3)4)11-7-6-8-12(15)9-11/h6-9,13,16H,5,10H2,1-4H3. The number of halogens is 1. The number of rotatable bonds is 4. The van der Waals surface area contributed by atoms with Crippen LogP contribution in [0.4, 0.5) is 4.39 Å². The molecule has 1 rings (SSSR count). The van der Waals surface area contributed by atoms with Gasteiger partial charge in [0.15, 0.2) is 0 Å². The molecule has 0 saturated heterocycles. The summed E-state index contributed by atoms with van der Waals surface area (Å²) >= 11 is 0. The Morgan fingerprint density at radius 3 is 2.50 bits per heavy atom. The van der Waals surface area contributed by atoms with Crippen molar-refractivity contribution >= 4 is 0 Å². The molecular weight excluding hydrogens is 201 g/mol. The molecule has 0 spiro atoms. The summed E-state index contributed by atoms with van der Waals surface area (Å²) in [6.07, 6.45) is 1.00. The van der Waals surface area contributed by atoms with Crippen LogP contribution in [0.2, 0.25) is 0 Å². The fourth-order valence-corrected chi connectivity index (χ4v) is 1.89. The smallest absolute Gasteiger partial charge is 0.123 e. The van der Waals surface area contributed by atoms with Crippen molar-refractivity contribution in [3.05, 3.63) is 35.6 Å². The van der Waals surface area contributed by atoms with Crippen LogP contribution < -0.4 is 5.32 Å². The quantitative estimate of drug-likeness (QED) is 0.816. The van der Waals surface area contributed by atoms with Crippen LogP contribution in [0.15, 0.2) is 24.3 Å². The normalized spacial score (nSPS) is 13.8. The van der Waals surface area contributed by atoms with E-state index in [4.69, 9.17) is 0 Å². The molecule has 0 amide bonds. The summed E-state index contributed by atoms with van der Waals surface area (Å²) < 4.78 is 13.2. The number of nitrogens with one attached hydrogen (secondary N) is 1. The third-order valence-corrected chi connectivity index (χ3v) is 2.52. The van der Waals surface area contributed by atoms with Gasteiger partial charge in [-0.3, -0.25) is 0 Å². The molecule has 1 unspecified atom stereocenters. The van der Waals surface area contributed by atoms with E-state index in [1.165, 1.54) is 6.07 Å². The molecule has 0 fully saturated rings. The first-order valence-electron chi connectivity index (χ1n) is 5.91. The molecular formula is C14H22FN. The van der Waals surface area contributed by atoms with Crippen LogP contribution in [0.5, 0.6) is 0 Å². The Balaban J connectivity index is 2.85. The largest absolute Gasteiger partial charge is 0.310 e. The van der Waals surface area contributed by atoms with E-state index >= 15 is 0 Å². The molecule has 1 N–H and O–H groups in total. The van der Waals surface area contributed by atoms with Crippen LogP contribution in [0.1, 0.15) is 45.7 Å². The lowest BCUT2D eigenvalue weighted by molar-refractivity contribution is 0.313. The van der Waals surface area contributed by atoms with Gasteiger partial charge in [0, 0.05) is 6.04 Å². The summed E-state index contributed by atoms with van der Waals surface area (Å²) in [4.78, 5) is 0. The molecule has 2 heteroatoms. The van der Waals surface area contributed by atoms with Crippen molar-refractivity contribution in [3.8, 4) is 0 Å². The second-order valence-electron chi connectivity index (χ2n) is 5.43. The van der Waals surface area contributed by atoms with Crippen LogP contribution in [0.3, 0.4) is 0 Å². The van der Waals surface area contributed by atoms with E-state index in [0.29, 0.717) is 0 Å². The van der Waals surface area contributed by atoms with Gasteiger partial charge in [0.1, 0.15) is 5.82 Å². The van der Waals surface area contributed by atoms with Gasteiger partial charge in [-0.15, -0.1) is 0 Å². The maximum Gasteiger partial charge on any atom is 0.123 e. The highest BCUT2D eigenvalue weighted by molar-refractivity contribution is 5.20. The summed E-state index contributed by atoms with van der Waals surface area (Å²) in [5, 5.41) is 3.42. The minimum absolute atomic E-state index is 0.158. The van der Waals surface area contributed by atoms with Crippen molar-refractivity contribution in [1.82, 2.24) is 5.32 Å². The molecule has 0 radical (unpaired) electrons. The fraction of sp³-hybridized carbons (Fsp3) is 0.571. The molecule has 0 saturated carbocycles. The fourth-order valence-electron chi connectivity index (χ4n) is 1.89. The van der Waals surface area contributed by atoms with Crippen molar-refractivity contribution < 1.29 is 4.39 Å². The molecule has 1 aromatic rings. The van der Waals surface area contributed by atoms with Gasteiger partial charge >= 0.3 is 0 Å². The minimum Gasteiger partial charge on any atom is -0.310 e. The number of benzene rings is 1. The van der Waals surface area contributed by atoms with Crippen LogP contribution >= 0.6 is 0 Å². The molecule has 90 valence electrons. The summed E-state index contributed by atoms with van der Waals surface area (Å²) in [5.41, 5.74) is 1.27. The Labute approximate surface area is 98.1 Å². The second kappa shape index (κ2) is 5.44. The van der Waals surface area contributed by atoms with Crippen molar-refractivity contribution in [2.24, 2.45) is 5.41 Å². The third-order valence-electron chi connectivity index (χ3n) is 2.52. The molecule has 1 nitrogen and oxygen atoms in total. The van der Waals surface area contributed by atoms with Crippen LogP contribution in [0, 0.1) is 11.2 Å². The lowest BCUT2D eigenvalue weighted by Crippen LogP contribution is -2.25. The van der Waals surface area contributed by atoms with Crippen LogP contribution in [-0.4, -0.2) is 6.54 Å². The molecule has 16 heavy (non-hydrogen) atoms. The Bertz CT molecular complexity index is 328. The minimum atomic E-state index is -0.158. The zero-order valence-electron chi connectivity index (χ0n) is 10.7. The number of hydrogen-bond acceptors (Lipinski definition) is 1. The topological polar surface area (TPSA) is 12.0 Å². The van der Waals surface area contributed by atoms with Crippen molar-refractivity contribution in [2.45, 2.75) is 40.2 Å². The summed E-state index contributed by atoms with van der Waals surface area (Å²) in [7, 11) is 0. The van der Waals surface area contributed by atoms with E-state index < -0.39 is 0 Å². The van der Waals surface area contributed by atoms with Gasteiger partial charge in [-0.1, -0.05) is 39.8 Å². The van der Waals surface area contributed by atoms with Crippen molar-refractivity contribution in [1.29, 1.82) is 0 Å². The predicted molar refractivity (Wildman–Crippen MR) is 66.9 cm³/mol. The molecule has 0 heterocycles. The van der Waals surface area contributed by atoms with E-state index in [2.05, 4.69) is 33.0 Å². The summed E-state index contributed by atoms with van der Waals surface area (Å²) in [6, 6.07) is 7.11. The molecule has 0 aliphatic carbocycles. The van der Waals surface area contributed by atoms with E-state index in [0.717, 1.165) is 18.5 Å². The zero-order chi connectivity index (χ0) is 12.2. The summed E-state index contributed by atoms with van der Waals surface area (Å²) in [5.74, 6) is -0.158. The first-order chi connectivity index (χ1) is 7.42. The highest BCUT2D eigenvalue weighted by Gasteiger charge is 2.19. The maximum atomic E-state index is 13.2. The Morgan fingerprint density at radius 1 is 1.31 bits per heavy atom. The Hall–Kier alpha value is -0.890. The van der Waals surface area contributed by atoms with Gasteiger partial charge in [0.2, 0.25) is 0 Å². The van der Waals surface area contributed by atoms with Gasteiger partial charge in [0.05, 0.1) is 0 Å². The van der Waals surface area contributed by atoms with E-state index in [1.54, 1.807) is 12.1 Å². The highest BCUT2D eigenvalue weighted by atomic mass is 19.1. The average molecular weight is 223 g/mol. The van der Waals surface area contributed by atoms with Gasteiger partial charge < -0.3 is 5.32 Å². The van der Waals surface area contributed by atoms with Gasteiger partial charge in [0.25, 0.3) is 0 Å². The SMILES string of the molecule is CCNC(CC(C)(C)C)c1cccc(F)c1. The van der Waals surface area contributed by atoms with Gasteiger partial charge in [-0.25, -0.2) is 4.39 Å². The third kappa shape index (κ3) is 4.31. The van der Waals surface area contributed by atoms with Crippen molar-refractivity contribution in [2.75, 3.05) is 6.54 Å². The van der Waals surface area contributed by atoms with Gasteiger partial charge in [-0.05, 0) is 36.1 Å². The monoisotopic (exact) mass is 223 g/mol. The lowest BCUT2D eigenvalue weighted by Gasteiger charge is -2.27. The molecule has 1 atom stereocenters. The van der Waals surface area contributed by atoms with Crippen molar-refractivity contribution in [3.63, 3.8) is 0 Å². The lowest BCUT2D eigenvalue weighted by atomic mass is 9.85. The molecule has 0 aliphatic rings. The zero-order valence-corrected chi connectivity index (χ0v) is 10.7. The molecule has 0 aromatic heterocycles.